The molecule has 2 aliphatic rings. The Morgan fingerprint density at radius 1 is 1.39 bits per heavy atom. The number of pyridine rings is 1. The second kappa shape index (κ2) is 7.96. The van der Waals surface area contributed by atoms with Gasteiger partial charge in [-0.05, 0) is 74.4 Å². The fraction of sp³-hybridized carbons (Fsp3) is 0.455. The zero-order chi connectivity index (χ0) is 19.7. The maximum Gasteiger partial charge on any atom is 0.133 e. The number of aldehydes is 1. The molecular weight excluding hydrogens is 349 g/mol. The van der Waals surface area contributed by atoms with E-state index in [9.17, 15) is 9.90 Å². The highest BCUT2D eigenvalue weighted by Crippen LogP contribution is 2.52. The van der Waals surface area contributed by atoms with Gasteiger partial charge in [0.15, 0.2) is 0 Å². The second-order valence-electron chi connectivity index (χ2n) is 7.81. The highest BCUT2D eigenvalue weighted by Gasteiger charge is 2.42. The highest BCUT2D eigenvalue weighted by molar-refractivity contribution is 6.36. The Hall–Kier alpha value is -2.34. The van der Waals surface area contributed by atoms with Crippen LogP contribution >= 0.6 is 0 Å². The van der Waals surface area contributed by atoms with E-state index in [4.69, 9.17) is 7.85 Å². The predicted molar refractivity (Wildman–Crippen MR) is 112 cm³/mol. The molecule has 2 unspecified atom stereocenters. The molecule has 0 aromatic carbocycles. The van der Waals surface area contributed by atoms with Gasteiger partial charge in [-0.1, -0.05) is 18.5 Å². The first kappa shape index (κ1) is 19.0. The summed E-state index contributed by atoms with van der Waals surface area (Å²) in [6.45, 7) is 4.37. The smallest absolute Gasteiger partial charge is 0.133 e. The minimum atomic E-state index is 0.375. The molecule has 0 aliphatic heterocycles. The molecule has 0 amide bonds. The molecule has 1 saturated carbocycles. The van der Waals surface area contributed by atoms with Crippen molar-refractivity contribution in [3.8, 4) is 0 Å². The lowest BCUT2D eigenvalue weighted by Gasteiger charge is -2.17. The van der Waals surface area contributed by atoms with Crippen LogP contribution in [0.1, 0.15) is 37.4 Å². The van der Waals surface area contributed by atoms with Crippen LogP contribution in [-0.2, 0) is 11.2 Å². The Kier molecular flexibility index (Phi) is 5.40. The molecule has 144 valence electrons. The van der Waals surface area contributed by atoms with Crippen molar-refractivity contribution in [2.45, 2.75) is 32.6 Å². The maximum atomic E-state index is 10.7. The Labute approximate surface area is 167 Å². The molecule has 2 aliphatic carbocycles. The highest BCUT2D eigenvalue weighted by atomic mass is 16.3. The molecule has 1 N–H and O–H groups in total. The second-order valence-corrected chi connectivity index (χ2v) is 7.81. The molecule has 2 heterocycles. The standard InChI is InChI=1S/C22H26BN3O2/c1-2-25(9-10-27)8-4-3-5-17-11-16(13-20-19(23)14-24-26(17)20)22-18-12-15(18)6-7-21(22)28/h6-7,10-11,13-15,18,28H,2-5,8-9,12H2,1H3. The van der Waals surface area contributed by atoms with Crippen LogP contribution in [0.5, 0.6) is 0 Å². The Balaban J connectivity index is 1.56. The fourth-order valence-electron chi connectivity index (χ4n) is 4.25. The number of allylic oxidation sites excluding steroid dienone is 3. The molecule has 2 aromatic heterocycles. The quantitative estimate of drug-likeness (QED) is 0.416. The minimum absolute atomic E-state index is 0.375. The third kappa shape index (κ3) is 3.66. The van der Waals surface area contributed by atoms with Crippen molar-refractivity contribution >= 4 is 30.7 Å². The number of unbranched alkanes of at least 4 members (excludes halogenated alkanes) is 1. The summed E-state index contributed by atoms with van der Waals surface area (Å²) in [6.07, 6.45) is 10.6. The van der Waals surface area contributed by atoms with Crippen LogP contribution < -0.4 is 5.46 Å². The van der Waals surface area contributed by atoms with E-state index in [1.807, 2.05) is 10.6 Å². The van der Waals surface area contributed by atoms with Gasteiger partial charge < -0.3 is 9.90 Å². The van der Waals surface area contributed by atoms with E-state index in [1.165, 1.54) is 0 Å². The van der Waals surface area contributed by atoms with Gasteiger partial charge in [-0.25, -0.2) is 4.52 Å². The van der Waals surface area contributed by atoms with Crippen molar-refractivity contribution in [3.63, 3.8) is 0 Å². The van der Waals surface area contributed by atoms with E-state index >= 15 is 0 Å². The lowest BCUT2D eigenvalue weighted by Crippen LogP contribution is -2.26. The number of likely N-dealkylation sites (N-methyl/N-ethyl adjacent to an activating group) is 1. The number of hydrogen-bond acceptors (Lipinski definition) is 4. The number of aliphatic hydroxyl groups excluding tert-OH is 1. The molecule has 0 bridgehead atoms. The summed E-state index contributed by atoms with van der Waals surface area (Å²) in [7, 11) is 6.15. The number of aliphatic hydroxyl groups is 1. The van der Waals surface area contributed by atoms with Crippen LogP contribution in [0.15, 0.2) is 36.2 Å². The Morgan fingerprint density at radius 2 is 2.25 bits per heavy atom. The summed E-state index contributed by atoms with van der Waals surface area (Å²) in [5.74, 6) is 1.36. The van der Waals surface area contributed by atoms with Crippen LogP contribution in [0.2, 0.25) is 0 Å². The van der Waals surface area contributed by atoms with Crippen LogP contribution in [-0.4, -0.2) is 53.4 Å². The van der Waals surface area contributed by atoms with Gasteiger partial charge in [-0.3, -0.25) is 4.90 Å². The SMILES string of the molecule is [B]c1cnn2c(CCCCN(CC)CC=O)cc(C3=C(O)C=CC4CC34)cc12. The molecule has 0 spiro atoms. The summed E-state index contributed by atoms with van der Waals surface area (Å²) < 4.78 is 1.92. The number of nitrogens with zero attached hydrogens (tertiary/aromatic N) is 3. The largest absolute Gasteiger partial charge is 0.508 e. The monoisotopic (exact) mass is 375 g/mol. The lowest BCUT2D eigenvalue weighted by molar-refractivity contribution is -0.108. The van der Waals surface area contributed by atoms with Crippen LogP contribution in [0.4, 0.5) is 0 Å². The first-order chi connectivity index (χ1) is 13.6. The molecule has 2 aromatic rings. The van der Waals surface area contributed by atoms with E-state index < -0.39 is 0 Å². The zero-order valence-corrected chi connectivity index (χ0v) is 16.3. The first-order valence-electron chi connectivity index (χ1n) is 10.2. The molecule has 2 radical (unpaired) electrons. The van der Waals surface area contributed by atoms with Gasteiger partial charge in [-0.2, -0.15) is 5.10 Å². The number of carbonyl (C=O) groups is 1. The van der Waals surface area contributed by atoms with Crippen LogP contribution in [0.3, 0.4) is 0 Å². The van der Waals surface area contributed by atoms with Gasteiger partial charge in [0, 0.05) is 17.5 Å². The number of carbonyl (C=O) groups excluding carboxylic acids is 1. The summed E-state index contributed by atoms with van der Waals surface area (Å²) in [6, 6.07) is 4.21. The average molecular weight is 375 g/mol. The van der Waals surface area contributed by atoms with Crippen LogP contribution in [0.25, 0.3) is 11.1 Å². The van der Waals surface area contributed by atoms with Crippen molar-refractivity contribution in [3.05, 3.63) is 47.5 Å². The number of rotatable bonds is 9. The van der Waals surface area contributed by atoms with E-state index in [0.29, 0.717) is 29.6 Å². The first-order valence-corrected chi connectivity index (χ1v) is 10.2. The number of hydrogen-bond donors (Lipinski definition) is 1. The summed E-state index contributed by atoms with van der Waals surface area (Å²) >= 11 is 0. The third-order valence-corrected chi connectivity index (χ3v) is 5.96. The summed E-state index contributed by atoms with van der Waals surface area (Å²) in [5, 5.41) is 14.9. The number of fused-ring (bicyclic) bond motifs is 2. The van der Waals surface area contributed by atoms with Gasteiger partial charge in [-0.15, -0.1) is 0 Å². The van der Waals surface area contributed by atoms with E-state index in [1.54, 1.807) is 6.20 Å². The van der Waals surface area contributed by atoms with Crippen molar-refractivity contribution in [1.82, 2.24) is 14.5 Å². The normalized spacial score (nSPS) is 20.8. The maximum absolute atomic E-state index is 10.7. The lowest BCUT2D eigenvalue weighted by atomic mass is 9.92. The van der Waals surface area contributed by atoms with Crippen molar-refractivity contribution in [2.75, 3.05) is 19.6 Å². The summed E-state index contributed by atoms with van der Waals surface area (Å²) in [5.41, 5.74) is 4.76. The van der Waals surface area contributed by atoms with Gasteiger partial charge in [0.05, 0.1) is 12.1 Å². The molecular formula is C22H26BN3O2. The average Bonchev–Trinajstić information content (AvgIpc) is 3.39. The number of aryl methyl sites for hydroxylation is 1. The van der Waals surface area contributed by atoms with Crippen molar-refractivity contribution in [2.24, 2.45) is 11.8 Å². The zero-order valence-electron chi connectivity index (χ0n) is 16.3. The summed E-state index contributed by atoms with van der Waals surface area (Å²) in [4.78, 5) is 12.9. The predicted octanol–water partition coefficient (Wildman–Crippen LogP) is 2.45. The molecule has 1 fully saturated rings. The molecule has 5 nitrogen and oxygen atoms in total. The van der Waals surface area contributed by atoms with Gasteiger partial charge in [0.2, 0.25) is 0 Å². The molecule has 0 saturated heterocycles. The van der Waals surface area contributed by atoms with Gasteiger partial charge >= 0.3 is 0 Å². The van der Waals surface area contributed by atoms with Gasteiger partial charge in [0.1, 0.15) is 19.9 Å². The van der Waals surface area contributed by atoms with Crippen molar-refractivity contribution < 1.29 is 9.90 Å². The Bertz CT molecular complexity index is 947. The van der Waals surface area contributed by atoms with Gasteiger partial charge in [0.25, 0.3) is 0 Å². The topological polar surface area (TPSA) is 57.8 Å². The van der Waals surface area contributed by atoms with Crippen LogP contribution in [0, 0.1) is 11.8 Å². The molecule has 28 heavy (non-hydrogen) atoms. The minimum Gasteiger partial charge on any atom is -0.508 e. The Morgan fingerprint density at radius 3 is 3.04 bits per heavy atom. The van der Waals surface area contributed by atoms with E-state index in [0.717, 1.165) is 67.4 Å². The fourth-order valence-corrected chi connectivity index (χ4v) is 4.25. The third-order valence-electron chi connectivity index (χ3n) is 5.96. The van der Waals surface area contributed by atoms with E-state index in [-0.39, 0.29) is 0 Å². The van der Waals surface area contributed by atoms with E-state index in [2.05, 4.69) is 35.1 Å². The molecule has 4 rings (SSSR count). The molecule has 6 heteroatoms. The molecule has 2 atom stereocenters. The van der Waals surface area contributed by atoms with Crippen molar-refractivity contribution in [1.29, 1.82) is 0 Å². The number of aromatic nitrogens is 2.